The first kappa shape index (κ1) is 15.6. The standard InChI is InChI=1S/C12H11BrN6O3/c13-8-3-1-7(2-4-8)5-15-17-9(20)6-14-10-11(21)16-12(22)19-18-10/h1-5H,6H2,(H,14,18)(H,17,20)(H2,16,19,21,22)/b15-5-. The van der Waals surface area contributed by atoms with E-state index in [-0.39, 0.29) is 12.4 Å². The average molecular weight is 367 g/mol. The van der Waals surface area contributed by atoms with E-state index in [2.05, 4.69) is 36.9 Å². The number of nitrogens with one attached hydrogen (secondary N) is 4. The van der Waals surface area contributed by atoms with Gasteiger partial charge in [0.1, 0.15) is 0 Å². The van der Waals surface area contributed by atoms with Crippen LogP contribution in [-0.4, -0.2) is 33.8 Å². The van der Waals surface area contributed by atoms with Gasteiger partial charge in [-0.05, 0) is 17.7 Å². The molecule has 1 amide bonds. The molecule has 1 aromatic carbocycles. The number of aromatic nitrogens is 3. The van der Waals surface area contributed by atoms with Gasteiger partial charge < -0.3 is 5.32 Å². The first-order chi connectivity index (χ1) is 10.5. The Morgan fingerprint density at radius 3 is 2.73 bits per heavy atom. The molecule has 0 bridgehead atoms. The van der Waals surface area contributed by atoms with E-state index in [1.807, 2.05) is 34.3 Å². The quantitative estimate of drug-likeness (QED) is 0.429. The summed E-state index contributed by atoms with van der Waals surface area (Å²) in [5.74, 6) is -0.632. The summed E-state index contributed by atoms with van der Waals surface area (Å²) in [6.07, 6.45) is 1.48. The van der Waals surface area contributed by atoms with Crippen molar-refractivity contribution in [1.29, 1.82) is 0 Å². The fourth-order valence-corrected chi connectivity index (χ4v) is 1.66. The molecule has 0 saturated heterocycles. The van der Waals surface area contributed by atoms with Gasteiger partial charge in [0.25, 0.3) is 11.5 Å². The molecule has 0 fully saturated rings. The highest BCUT2D eigenvalue weighted by atomic mass is 79.9. The molecule has 0 aliphatic heterocycles. The van der Waals surface area contributed by atoms with Crippen molar-refractivity contribution in [1.82, 2.24) is 20.6 Å². The topological polar surface area (TPSA) is 132 Å². The number of amides is 1. The minimum absolute atomic E-state index is 0.161. The monoisotopic (exact) mass is 366 g/mol. The van der Waals surface area contributed by atoms with Gasteiger partial charge in [0, 0.05) is 4.47 Å². The van der Waals surface area contributed by atoms with Crippen molar-refractivity contribution in [3.63, 3.8) is 0 Å². The molecule has 0 atom stereocenters. The summed E-state index contributed by atoms with van der Waals surface area (Å²) in [6.45, 7) is -0.222. The van der Waals surface area contributed by atoms with Gasteiger partial charge >= 0.3 is 5.69 Å². The number of hydrogen-bond acceptors (Lipinski definition) is 6. The number of halogens is 1. The molecule has 1 aromatic heterocycles. The van der Waals surface area contributed by atoms with E-state index in [9.17, 15) is 14.4 Å². The Balaban J connectivity index is 1.84. The third-order valence-corrected chi connectivity index (χ3v) is 2.93. The summed E-state index contributed by atoms with van der Waals surface area (Å²) < 4.78 is 0.941. The Morgan fingerprint density at radius 1 is 1.32 bits per heavy atom. The van der Waals surface area contributed by atoms with Crippen molar-refractivity contribution in [2.75, 3.05) is 11.9 Å². The molecule has 0 aliphatic carbocycles. The Hall–Kier alpha value is -2.75. The normalized spacial score (nSPS) is 10.6. The summed E-state index contributed by atoms with van der Waals surface area (Å²) in [4.78, 5) is 35.6. The minimum atomic E-state index is -0.723. The van der Waals surface area contributed by atoms with E-state index in [1.165, 1.54) is 6.21 Å². The summed E-state index contributed by atoms with van der Waals surface area (Å²) in [5, 5.41) is 11.8. The van der Waals surface area contributed by atoms with Crippen LogP contribution in [0.25, 0.3) is 0 Å². The number of H-pyrrole nitrogens is 2. The van der Waals surface area contributed by atoms with Crippen LogP contribution in [0.5, 0.6) is 0 Å². The third kappa shape index (κ3) is 4.66. The van der Waals surface area contributed by atoms with Crippen molar-refractivity contribution in [2.24, 2.45) is 5.10 Å². The maximum atomic E-state index is 11.5. The fourth-order valence-electron chi connectivity index (χ4n) is 1.40. The molecule has 9 nitrogen and oxygen atoms in total. The van der Waals surface area contributed by atoms with Crippen LogP contribution in [0.4, 0.5) is 5.82 Å². The third-order valence-electron chi connectivity index (χ3n) is 2.40. The number of aromatic amines is 2. The van der Waals surface area contributed by atoms with E-state index < -0.39 is 17.2 Å². The van der Waals surface area contributed by atoms with Crippen molar-refractivity contribution in [3.8, 4) is 0 Å². The molecule has 4 N–H and O–H groups in total. The lowest BCUT2D eigenvalue weighted by Crippen LogP contribution is -2.31. The molecular weight excluding hydrogens is 356 g/mol. The molecule has 0 saturated carbocycles. The van der Waals surface area contributed by atoms with Crippen molar-refractivity contribution in [3.05, 3.63) is 55.1 Å². The van der Waals surface area contributed by atoms with E-state index in [4.69, 9.17) is 0 Å². The number of rotatable bonds is 5. The highest BCUT2D eigenvalue weighted by Crippen LogP contribution is 2.08. The van der Waals surface area contributed by atoms with Gasteiger partial charge in [-0.2, -0.15) is 5.10 Å². The van der Waals surface area contributed by atoms with Crippen LogP contribution in [0.15, 0.2) is 43.4 Å². The lowest BCUT2D eigenvalue weighted by atomic mass is 10.2. The van der Waals surface area contributed by atoms with Crippen LogP contribution >= 0.6 is 15.9 Å². The van der Waals surface area contributed by atoms with Crippen molar-refractivity contribution in [2.45, 2.75) is 0 Å². The Kier molecular flexibility index (Phi) is 5.20. The summed E-state index contributed by atoms with van der Waals surface area (Å²) in [5.41, 5.74) is 1.67. The average Bonchev–Trinajstić information content (AvgIpc) is 2.48. The van der Waals surface area contributed by atoms with Crippen molar-refractivity contribution < 1.29 is 4.79 Å². The van der Waals surface area contributed by atoms with Crippen LogP contribution in [-0.2, 0) is 4.79 Å². The van der Waals surface area contributed by atoms with E-state index >= 15 is 0 Å². The highest BCUT2D eigenvalue weighted by molar-refractivity contribution is 9.10. The highest BCUT2D eigenvalue weighted by Gasteiger charge is 2.04. The largest absolute Gasteiger partial charge is 0.355 e. The molecule has 0 aliphatic rings. The summed E-state index contributed by atoms with van der Waals surface area (Å²) >= 11 is 3.31. The first-order valence-corrected chi connectivity index (χ1v) is 6.84. The van der Waals surface area contributed by atoms with E-state index in [0.717, 1.165) is 10.0 Å². The van der Waals surface area contributed by atoms with E-state index in [1.54, 1.807) is 0 Å². The van der Waals surface area contributed by atoms with Gasteiger partial charge in [-0.3, -0.25) is 14.6 Å². The van der Waals surface area contributed by atoms with Crippen LogP contribution in [0.3, 0.4) is 0 Å². The number of carbonyl (C=O) groups excluding carboxylic acids is 1. The molecule has 2 rings (SSSR count). The molecule has 22 heavy (non-hydrogen) atoms. The molecule has 1 heterocycles. The van der Waals surface area contributed by atoms with Gasteiger partial charge in [-0.15, -0.1) is 5.10 Å². The van der Waals surface area contributed by atoms with Gasteiger partial charge in [0.05, 0.1) is 12.8 Å². The van der Waals surface area contributed by atoms with Gasteiger partial charge in [0.15, 0.2) is 0 Å². The van der Waals surface area contributed by atoms with E-state index in [0.29, 0.717) is 0 Å². The van der Waals surface area contributed by atoms with Gasteiger partial charge in [-0.1, -0.05) is 28.1 Å². The molecule has 114 valence electrons. The predicted octanol–water partition coefficient (Wildman–Crippen LogP) is -0.217. The number of carbonyl (C=O) groups is 1. The fraction of sp³-hybridized carbons (Fsp3) is 0.0833. The number of benzene rings is 1. The maximum absolute atomic E-state index is 11.5. The number of hydrogen-bond donors (Lipinski definition) is 4. The van der Waals surface area contributed by atoms with Crippen molar-refractivity contribution >= 4 is 33.9 Å². The Bertz CT molecular complexity index is 795. The van der Waals surface area contributed by atoms with Gasteiger partial charge in [-0.25, -0.2) is 15.3 Å². The second kappa shape index (κ2) is 7.31. The molecule has 0 radical (unpaired) electrons. The zero-order valence-corrected chi connectivity index (χ0v) is 12.7. The van der Waals surface area contributed by atoms with Gasteiger partial charge in [0.2, 0.25) is 5.82 Å². The molecular formula is C12H11BrN6O3. The summed E-state index contributed by atoms with van der Waals surface area (Å²) in [7, 11) is 0. The second-order valence-electron chi connectivity index (χ2n) is 4.05. The minimum Gasteiger partial charge on any atom is -0.355 e. The Morgan fingerprint density at radius 2 is 2.05 bits per heavy atom. The Labute approximate surface area is 132 Å². The van der Waals surface area contributed by atoms with Crippen LogP contribution in [0, 0.1) is 0 Å². The lowest BCUT2D eigenvalue weighted by Gasteiger charge is -2.02. The number of anilines is 1. The molecule has 10 heteroatoms. The smallest absolute Gasteiger partial charge is 0.342 e. The second-order valence-corrected chi connectivity index (χ2v) is 4.97. The molecule has 2 aromatic rings. The van der Waals surface area contributed by atoms with Crippen LogP contribution in [0.1, 0.15) is 5.56 Å². The number of hydrazone groups is 1. The predicted molar refractivity (Wildman–Crippen MR) is 83.8 cm³/mol. The zero-order chi connectivity index (χ0) is 15.9. The summed E-state index contributed by atoms with van der Waals surface area (Å²) in [6, 6.07) is 7.33. The SMILES string of the molecule is O=C(CNc1n[nH]c(=O)[nH]c1=O)N/N=C\c1ccc(Br)cc1. The van der Waals surface area contributed by atoms with Crippen LogP contribution < -0.4 is 22.0 Å². The lowest BCUT2D eigenvalue weighted by molar-refractivity contribution is -0.119. The molecule has 0 spiro atoms. The first-order valence-electron chi connectivity index (χ1n) is 6.05. The number of nitrogens with zero attached hydrogens (tertiary/aromatic N) is 2. The zero-order valence-electron chi connectivity index (χ0n) is 11.1. The van der Waals surface area contributed by atoms with Crippen LogP contribution in [0.2, 0.25) is 0 Å². The molecule has 0 unspecified atom stereocenters. The maximum Gasteiger partial charge on any atom is 0.342 e.